The van der Waals surface area contributed by atoms with Gasteiger partial charge in [-0.3, -0.25) is 14.0 Å². The second kappa shape index (κ2) is 9.17. The van der Waals surface area contributed by atoms with Gasteiger partial charge in [0.25, 0.3) is 11.8 Å². The van der Waals surface area contributed by atoms with E-state index in [0.717, 1.165) is 12.8 Å². The van der Waals surface area contributed by atoms with Crippen molar-refractivity contribution < 1.29 is 9.59 Å². The first-order valence-corrected chi connectivity index (χ1v) is 9.63. The quantitative estimate of drug-likeness (QED) is 0.592. The molecule has 0 aliphatic heterocycles. The smallest absolute Gasteiger partial charge is 0.287 e. The number of hydrogen-bond donors (Lipinski definition) is 2. The molecule has 146 valence electrons. The molecule has 0 aliphatic rings. The van der Waals surface area contributed by atoms with Crippen molar-refractivity contribution in [1.82, 2.24) is 20.0 Å². The molecule has 2 N–H and O–H groups in total. The zero-order valence-corrected chi connectivity index (χ0v) is 16.3. The average Bonchev–Trinajstić information content (AvgIpc) is 3.10. The number of aryl methyl sites for hydroxylation is 1. The van der Waals surface area contributed by atoms with Crippen LogP contribution in [0.25, 0.3) is 5.52 Å². The van der Waals surface area contributed by atoms with Crippen LogP contribution in [-0.2, 0) is 6.42 Å². The lowest BCUT2D eigenvalue weighted by atomic mass is 10.1. The number of fused-ring (bicyclic) bond motifs is 1. The summed E-state index contributed by atoms with van der Waals surface area (Å²) in [6, 6.07) is 15.6. The number of benzene rings is 1. The summed E-state index contributed by atoms with van der Waals surface area (Å²) >= 11 is 0. The van der Waals surface area contributed by atoms with E-state index in [9.17, 15) is 9.59 Å². The fraction of sp³-hybridized carbons (Fsp3) is 0.318. The number of carbonyl (C=O) groups excluding carboxylic acids is 2. The molecule has 3 aromatic rings. The van der Waals surface area contributed by atoms with Crippen LogP contribution in [0.1, 0.15) is 46.9 Å². The average molecular weight is 378 g/mol. The Morgan fingerprint density at radius 1 is 1.00 bits per heavy atom. The number of carbonyl (C=O) groups is 2. The maximum absolute atomic E-state index is 12.7. The third-order valence-electron chi connectivity index (χ3n) is 4.41. The van der Waals surface area contributed by atoms with Crippen molar-refractivity contribution in [2.45, 2.75) is 26.7 Å². The Hall–Kier alpha value is -3.15. The molecule has 2 amide bonds. The largest absolute Gasteiger partial charge is 0.351 e. The first kappa shape index (κ1) is 19.6. The van der Waals surface area contributed by atoms with Crippen molar-refractivity contribution in [1.29, 1.82) is 0 Å². The van der Waals surface area contributed by atoms with Crippen molar-refractivity contribution in [3.63, 3.8) is 0 Å². The van der Waals surface area contributed by atoms with Gasteiger partial charge in [0.05, 0.1) is 5.52 Å². The van der Waals surface area contributed by atoms with Gasteiger partial charge >= 0.3 is 0 Å². The van der Waals surface area contributed by atoms with Crippen molar-refractivity contribution in [3.8, 4) is 0 Å². The fourth-order valence-corrected chi connectivity index (χ4v) is 2.96. The van der Waals surface area contributed by atoms with Crippen molar-refractivity contribution >= 4 is 17.3 Å². The van der Waals surface area contributed by atoms with Gasteiger partial charge in [0.15, 0.2) is 5.69 Å². The van der Waals surface area contributed by atoms with Crippen molar-refractivity contribution in [3.05, 3.63) is 71.8 Å². The van der Waals surface area contributed by atoms with E-state index in [4.69, 9.17) is 0 Å². The highest BCUT2D eigenvalue weighted by Crippen LogP contribution is 2.13. The highest BCUT2D eigenvalue weighted by Gasteiger charge is 2.21. The predicted molar refractivity (Wildman–Crippen MR) is 109 cm³/mol. The van der Waals surface area contributed by atoms with Gasteiger partial charge in [0.2, 0.25) is 5.82 Å². The third-order valence-corrected chi connectivity index (χ3v) is 4.41. The molecular formula is C22H26N4O2. The molecule has 0 spiro atoms. The normalized spacial score (nSPS) is 11.0. The lowest BCUT2D eigenvalue weighted by Crippen LogP contribution is -2.29. The Balaban J connectivity index is 1.68. The van der Waals surface area contributed by atoms with Gasteiger partial charge in [0, 0.05) is 19.3 Å². The summed E-state index contributed by atoms with van der Waals surface area (Å²) in [6.07, 6.45) is 3.48. The van der Waals surface area contributed by atoms with Crippen LogP contribution < -0.4 is 10.6 Å². The minimum atomic E-state index is -0.280. The second-order valence-electron chi connectivity index (χ2n) is 7.19. The molecule has 0 saturated heterocycles. The lowest BCUT2D eigenvalue weighted by molar-refractivity contribution is 0.0938. The first-order chi connectivity index (χ1) is 13.6. The second-order valence-corrected chi connectivity index (χ2v) is 7.19. The van der Waals surface area contributed by atoms with Crippen molar-refractivity contribution in [2.24, 2.45) is 5.92 Å². The SMILES string of the molecule is CC(C)CNC(=O)c1nc(C(=O)NCCCc2ccccc2)c2ccccn12. The highest BCUT2D eigenvalue weighted by molar-refractivity contribution is 6.02. The number of amides is 2. The summed E-state index contributed by atoms with van der Waals surface area (Å²) in [4.78, 5) is 29.5. The van der Waals surface area contributed by atoms with E-state index in [-0.39, 0.29) is 23.3 Å². The van der Waals surface area contributed by atoms with Gasteiger partial charge < -0.3 is 10.6 Å². The van der Waals surface area contributed by atoms with Crippen LogP contribution in [0.5, 0.6) is 0 Å². The molecule has 6 heteroatoms. The summed E-state index contributed by atoms with van der Waals surface area (Å²) in [7, 11) is 0. The van der Waals surface area contributed by atoms with E-state index in [2.05, 4.69) is 27.8 Å². The minimum Gasteiger partial charge on any atom is -0.351 e. The molecule has 0 unspecified atom stereocenters. The molecular weight excluding hydrogens is 352 g/mol. The van der Waals surface area contributed by atoms with Gasteiger partial charge in [-0.25, -0.2) is 4.98 Å². The molecule has 3 rings (SSSR count). The van der Waals surface area contributed by atoms with Gasteiger partial charge in [-0.05, 0) is 36.5 Å². The number of aromatic nitrogens is 2. The first-order valence-electron chi connectivity index (χ1n) is 9.63. The number of nitrogens with zero attached hydrogens (tertiary/aromatic N) is 2. The topological polar surface area (TPSA) is 75.5 Å². The molecule has 0 bridgehead atoms. The summed E-state index contributed by atoms with van der Waals surface area (Å²) in [5, 5.41) is 5.78. The molecule has 2 heterocycles. The summed E-state index contributed by atoms with van der Waals surface area (Å²) < 4.78 is 1.66. The molecule has 0 atom stereocenters. The van der Waals surface area contributed by atoms with Crippen molar-refractivity contribution in [2.75, 3.05) is 13.1 Å². The van der Waals surface area contributed by atoms with E-state index in [0.29, 0.717) is 24.5 Å². The molecule has 0 saturated carbocycles. The van der Waals surface area contributed by atoms with E-state index in [1.165, 1.54) is 5.56 Å². The standard InChI is InChI=1S/C22H26N4O2/c1-16(2)15-24-22(28)20-25-19(18-12-6-7-14-26(18)20)21(27)23-13-8-11-17-9-4-3-5-10-17/h3-7,9-10,12,14,16H,8,11,13,15H2,1-2H3,(H,23,27)(H,24,28). The Morgan fingerprint density at radius 2 is 1.75 bits per heavy atom. The Labute approximate surface area is 165 Å². The zero-order chi connectivity index (χ0) is 19.9. The molecule has 2 aromatic heterocycles. The van der Waals surface area contributed by atoms with Gasteiger partial charge in [-0.1, -0.05) is 50.2 Å². The van der Waals surface area contributed by atoms with Gasteiger partial charge in [-0.2, -0.15) is 0 Å². The summed E-state index contributed by atoms with van der Waals surface area (Å²) in [5.41, 5.74) is 2.14. The molecule has 28 heavy (non-hydrogen) atoms. The zero-order valence-electron chi connectivity index (χ0n) is 16.3. The van der Waals surface area contributed by atoms with E-state index in [1.807, 2.05) is 44.2 Å². The summed E-state index contributed by atoms with van der Waals surface area (Å²) in [5.74, 6) is 0.0194. The van der Waals surface area contributed by atoms with E-state index >= 15 is 0 Å². The van der Waals surface area contributed by atoms with Crippen LogP contribution in [0, 0.1) is 5.92 Å². The maximum atomic E-state index is 12.7. The van der Waals surface area contributed by atoms with Crippen LogP contribution in [0.15, 0.2) is 54.7 Å². The predicted octanol–water partition coefficient (Wildman–Crippen LogP) is 3.08. The molecule has 6 nitrogen and oxygen atoms in total. The van der Waals surface area contributed by atoms with Gasteiger partial charge in [0.1, 0.15) is 0 Å². The molecule has 0 aliphatic carbocycles. The molecule has 0 fully saturated rings. The number of rotatable bonds is 8. The third kappa shape index (κ3) is 4.76. The Kier molecular flexibility index (Phi) is 6.42. The van der Waals surface area contributed by atoms with Crippen LogP contribution in [0.3, 0.4) is 0 Å². The lowest BCUT2D eigenvalue weighted by Gasteiger charge is -2.06. The van der Waals surface area contributed by atoms with Crippen LogP contribution in [-0.4, -0.2) is 34.3 Å². The fourth-order valence-electron chi connectivity index (χ4n) is 2.96. The number of nitrogens with one attached hydrogen (secondary N) is 2. The summed E-state index contributed by atoms with van der Waals surface area (Å²) in [6.45, 7) is 5.16. The Morgan fingerprint density at radius 3 is 2.50 bits per heavy atom. The molecule has 1 aromatic carbocycles. The van der Waals surface area contributed by atoms with E-state index < -0.39 is 0 Å². The van der Waals surface area contributed by atoms with Crippen LogP contribution in [0.2, 0.25) is 0 Å². The van der Waals surface area contributed by atoms with Crippen LogP contribution >= 0.6 is 0 Å². The van der Waals surface area contributed by atoms with Crippen LogP contribution in [0.4, 0.5) is 0 Å². The molecule has 0 radical (unpaired) electrons. The monoisotopic (exact) mass is 378 g/mol. The number of imidazole rings is 1. The Bertz CT molecular complexity index is 948. The minimum absolute atomic E-state index is 0.227. The highest BCUT2D eigenvalue weighted by atomic mass is 16.2. The van der Waals surface area contributed by atoms with E-state index in [1.54, 1.807) is 16.7 Å². The van der Waals surface area contributed by atoms with Gasteiger partial charge in [-0.15, -0.1) is 0 Å². The maximum Gasteiger partial charge on any atom is 0.287 e. The number of hydrogen-bond acceptors (Lipinski definition) is 3. The number of pyridine rings is 1.